The number of thioether (sulfide) groups is 2. The molecule has 0 unspecified atom stereocenters. The predicted octanol–water partition coefficient (Wildman–Crippen LogP) is 5.72. The molecule has 0 saturated carbocycles. The molecule has 4 nitrogen and oxygen atoms in total. The highest BCUT2D eigenvalue weighted by Crippen LogP contribution is 2.58. The quantitative estimate of drug-likeness (QED) is 0.254. The van der Waals surface area contributed by atoms with Crippen molar-refractivity contribution in [3.05, 3.63) is 106 Å². The Balaban J connectivity index is 0.000000668. The topological polar surface area (TPSA) is 66.2 Å². The Morgan fingerprint density at radius 3 is 1.47 bits per heavy atom. The number of hydrogen-bond acceptors (Lipinski definition) is 5. The van der Waals surface area contributed by atoms with Gasteiger partial charge in [-0.05, 0) is 61.2 Å². The minimum Gasteiger partial charge on any atom is -0.356 e. The van der Waals surface area contributed by atoms with Crippen molar-refractivity contribution in [1.29, 1.82) is 0 Å². The minimum atomic E-state index is -1.75. The van der Waals surface area contributed by atoms with Gasteiger partial charge in [0.05, 0.1) is 15.3 Å². The van der Waals surface area contributed by atoms with E-state index >= 15 is 0 Å². The van der Waals surface area contributed by atoms with Gasteiger partial charge in [0.2, 0.25) is 0 Å². The van der Waals surface area contributed by atoms with Crippen molar-refractivity contribution >= 4 is 46.7 Å². The maximum Gasteiger partial charge on any atom is 0.112 e. The van der Waals surface area contributed by atoms with Crippen molar-refractivity contribution in [3.8, 4) is 0 Å². The molecular formula is C25H28NO3PS2. The van der Waals surface area contributed by atoms with Gasteiger partial charge in [0, 0.05) is 6.42 Å². The smallest absolute Gasteiger partial charge is 0.112 e. The Hall–Kier alpha value is -2.01. The van der Waals surface area contributed by atoms with Crippen LogP contribution in [0.3, 0.4) is 0 Å². The first-order chi connectivity index (χ1) is 15.5. The summed E-state index contributed by atoms with van der Waals surface area (Å²) in [4.78, 5) is 8.25. The van der Waals surface area contributed by atoms with Crippen LogP contribution in [0.5, 0.6) is 0 Å². The van der Waals surface area contributed by atoms with Crippen LogP contribution in [0.1, 0.15) is 19.8 Å². The fraction of sp³-hybridized carbons (Fsp3) is 0.280. The summed E-state index contributed by atoms with van der Waals surface area (Å²) in [6.07, 6.45) is 3.82. The molecule has 3 aromatic carbocycles. The summed E-state index contributed by atoms with van der Waals surface area (Å²) in [6.45, 7) is 2.47. The van der Waals surface area contributed by atoms with Gasteiger partial charge in [-0.1, -0.05) is 54.6 Å². The zero-order chi connectivity index (χ0) is 22.9. The molecule has 1 aliphatic heterocycles. The molecule has 0 atom stereocenters. The SMILES string of the molecule is CC1(CC[P+](c2ccccc2)(c2ccccc2)c2ccccc2)SCCCS1.O=[N+]([O-])[O-]. The summed E-state index contributed by atoms with van der Waals surface area (Å²) in [6, 6.07) is 33.8. The first-order valence-electron chi connectivity index (χ1n) is 10.6. The van der Waals surface area contributed by atoms with Crippen LogP contribution in [0.15, 0.2) is 91.0 Å². The van der Waals surface area contributed by atoms with E-state index in [-0.39, 0.29) is 0 Å². The fourth-order valence-corrected chi connectivity index (χ4v) is 11.8. The van der Waals surface area contributed by atoms with Gasteiger partial charge in [-0.3, -0.25) is 0 Å². The van der Waals surface area contributed by atoms with E-state index in [2.05, 4.69) is 121 Å². The highest BCUT2D eigenvalue weighted by molar-refractivity contribution is 8.18. The fourth-order valence-electron chi connectivity index (χ4n) is 4.07. The summed E-state index contributed by atoms with van der Waals surface area (Å²) >= 11 is 4.35. The third-order valence-corrected chi connectivity index (χ3v) is 13.4. The maximum atomic E-state index is 8.25. The zero-order valence-corrected chi connectivity index (χ0v) is 20.7. The first-order valence-corrected chi connectivity index (χ1v) is 14.6. The van der Waals surface area contributed by atoms with Gasteiger partial charge in [-0.25, -0.2) is 0 Å². The summed E-state index contributed by atoms with van der Waals surface area (Å²) in [5.41, 5.74) is 0. The Morgan fingerprint density at radius 1 is 0.781 bits per heavy atom. The Bertz CT molecular complexity index is 868. The maximum absolute atomic E-state index is 8.25. The van der Waals surface area contributed by atoms with Crippen molar-refractivity contribution in [3.63, 3.8) is 0 Å². The number of benzene rings is 3. The molecule has 168 valence electrons. The molecule has 1 heterocycles. The summed E-state index contributed by atoms with van der Waals surface area (Å²) in [5.74, 6) is 2.61. The highest BCUT2D eigenvalue weighted by atomic mass is 32.2. The molecule has 3 aromatic rings. The average molecular weight is 486 g/mol. The van der Waals surface area contributed by atoms with E-state index in [0.717, 1.165) is 0 Å². The predicted molar refractivity (Wildman–Crippen MR) is 143 cm³/mol. The average Bonchev–Trinajstić information content (AvgIpc) is 2.82. The lowest BCUT2D eigenvalue weighted by Gasteiger charge is -2.35. The van der Waals surface area contributed by atoms with Crippen LogP contribution in [0.4, 0.5) is 0 Å². The lowest BCUT2D eigenvalue weighted by atomic mass is 10.3. The monoisotopic (exact) mass is 485 g/mol. The molecule has 1 saturated heterocycles. The van der Waals surface area contributed by atoms with Crippen LogP contribution < -0.4 is 15.9 Å². The van der Waals surface area contributed by atoms with Crippen molar-refractivity contribution in [1.82, 2.24) is 0 Å². The van der Waals surface area contributed by atoms with Crippen LogP contribution in [0.2, 0.25) is 0 Å². The minimum absolute atomic E-state index is 0.335. The van der Waals surface area contributed by atoms with E-state index in [0.29, 0.717) is 4.08 Å². The third-order valence-electron chi connectivity index (χ3n) is 5.60. The number of nitrogens with zero attached hydrogens (tertiary/aromatic N) is 1. The molecule has 0 aromatic heterocycles. The standard InChI is InChI=1S/C25H28PS2.NO3/c1-25(27-20-11-21-28-25)18-19-26(22-12-5-2-6-13-22,23-14-7-3-8-15-23)24-16-9-4-10-17-24;2-1(3)4/h2-10,12-17H,11,18-21H2,1H3;/q+1;-1. The van der Waals surface area contributed by atoms with Gasteiger partial charge >= 0.3 is 0 Å². The second-order valence-electron chi connectivity index (χ2n) is 7.70. The summed E-state index contributed by atoms with van der Waals surface area (Å²) < 4.78 is 0.335. The molecule has 1 fully saturated rings. The Kier molecular flexibility index (Phi) is 9.03. The molecule has 0 N–H and O–H groups in total. The highest BCUT2D eigenvalue weighted by Gasteiger charge is 2.46. The van der Waals surface area contributed by atoms with E-state index in [9.17, 15) is 0 Å². The van der Waals surface area contributed by atoms with Crippen LogP contribution in [-0.2, 0) is 0 Å². The lowest BCUT2D eigenvalue weighted by Crippen LogP contribution is -2.35. The van der Waals surface area contributed by atoms with Gasteiger partial charge in [0.1, 0.15) is 23.2 Å². The van der Waals surface area contributed by atoms with E-state index in [1.165, 1.54) is 46.4 Å². The van der Waals surface area contributed by atoms with Crippen molar-refractivity contribution in [2.75, 3.05) is 17.7 Å². The lowest BCUT2D eigenvalue weighted by molar-refractivity contribution is -0.402. The molecule has 7 heteroatoms. The molecule has 0 radical (unpaired) electrons. The molecule has 0 bridgehead atoms. The molecule has 0 aliphatic carbocycles. The van der Waals surface area contributed by atoms with Gasteiger partial charge in [0.15, 0.2) is 0 Å². The largest absolute Gasteiger partial charge is 0.356 e. The summed E-state index contributed by atoms with van der Waals surface area (Å²) in [7, 11) is -1.69. The van der Waals surface area contributed by atoms with Gasteiger partial charge in [-0.2, -0.15) is 0 Å². The summed E-state index contributed by atoms with van der Waals surface area (Å²) in [5, 5.41) is 19.3. The Labute approximate surface area is 199 Å². The molecule has 0 amide bonds. The van der Waals surface area contributed by atoms with Gasteiger partial charge < -0.3 is 15.3 Å². The van der Waals surface area contributed by atoms with Crippen LogP contribution in [0.25, 0.3) is 0 Å². The van der Waals surface area contributed by atoms with E-state index < -0.39 is 12.3 Å². The second-order valence-corrected chi connectivity index (χ2v) is 14.8. The molecular weight excluding hydrogens is 457 g/mol. The molecule has 4 rings (SSSR count). The van der Waals surface area contributed by atoms with Crippen LogP contribution in [-0.4, -0.2) is 26.8 Å². The first kappa shape index (κ1) is 24.6. The molecule has 1 aliphatic rings. The molecule has 32 heavy (non-hydrogen) atoms. The van der Waals surface area contributed by atoms with Crippen LogP contribution >= 0.6 is 30.8 Å². The van der Waals surface area contributed by atoms with Crippen molar-refractivity contribution in [2.24, 2.45) is 0 Å². The zero-order valence-electron chi connectivity index (χ0n) is 18.1. The van der Waals surface area contributed by atoms with E-state index in [1.807, 2.05) is 0 Å². The van der Waals surface area contributed by atoms with Crippen molar-refractivity contribution < 1.29 is 5.09 Å². The van der Waals surface area contributed by atoms with Gasteiger partial charge in [-0.15, -0.1) is 23.5 Å². The van der Waals surface area contributed by atoms with E-state index in [1.54, 1.807) is 0 Å². The van der Waals surface area contributed by atoms with Gasteiger partial charge in [0.25, 0.3) is 0 Å². The normalized spacial score (nSPS) is 15.3. The molecule has 0 spiro atoms. The van der Waals surface area contributed by atoms with Crippen molar-refractivity contribution in [2.45, 2.75) is 23.8 Å². The Morgan fingerprint density at radius 2 is 1.12 bits per heavy atom. The van der Waals surface area contributed by atoms with E-state index in [4.69, 9.17) is 15.3 Å². The number of hydrogen-bond donors (Lipinski definition) is 0. The van der Waals surface area contributed by atoms with Crippen LogP contribution in [0, 0.1) is 15.3 Å². The third kappa shape index (κ3) is 6.28. The number of rotatable bonds is 6. The second kappa shape index (κ2) is 11.7.